The van der Waals surface area contributed by atoms with E-state index in [4.69, 9.17) is 4.52 Å². The number of nitrogens with zero attached hydrogens (tertiary/aromatic N) is 3. The Bertz CT molecular complexity index is 519. The van der Waals surface area contributed by atoms with E-state index in [2.05, 4.69) is 27.4 Å². The predicted molar refractivity (Wildman–Crippen MR) is 63.6 cm³/mol. The molecule has 0 spiro atoms. The van der Waals surface area contributed by atoms with E-state index in [0.29, 0.717) is 17.9 Å². The number of rotatable bonds is 4. The normalized spacial score (nSPS) is 14.9. The lowest BCUT2D eigenvalue weighted by Gasteiger charge is -2.00. The zero-order valence-corrected chi connectivity index (χ0v) is 9.68. The molecule has 0 atom stereocenters. The maximum atomic E-state index is 5.18. The molecule has 1 fully saturated rings. The molecule has 88 valence electrons. The molecule has 0 amide bonds. The van der Waals surface area contributed by atoms with Gasteiger partial charge in [0.15, 0.2) is 0 Å². The number of anilines is 1. The Balaban J connectivity index is 1.88. The van der Waals surface area contributed by atoms with Crippen molar-refractivity contribution < 1.29 is 4.52 Å². The first kappa shape index (κ1) is 10.3. The molecule has 1 aliphatic rings. The summed E-state index contributed by atoms with van der Waals surface area (Å²) in [6.45, 7) is 2.09. The van der Waals surface area contributed by atoms with Crippen LogP contribution in [0.15, 0.2) is 23.0 Å². The fraction of sp³-hybridized carbons (Fsp3) is 0.417. The molecule has 0 radical (unpaired) electrons. The predicted octanol–water partition coefficient (Wildman–Crippen LogP) is 2.27. The van der Waals surface area contributed by atoms with Gasteiger partial charge in [0.2, 0.25) is 5.82 Å². The molecule has 2 aromatic rings. The highest BCUT2D eigenvalue weighted by molar-refractivity contribution is 5.59. The van der Waals surface area contributed by atoms with E-state index >= 15 is 0 Å². The van der Waals surface area contributed by atoms with Gasteiger partial charge < -0.3 is 9.84 Å². The van der Waals surface area contributed by atoms with Gasteiger partial charge in [-0.05, 0) is 30.9 Å². The molecular formula is C12H14N4O. The summed E-state index contributed by atoms with van der Waals surface area (Å²) >= 11 is 0. The topological polar surface area (TPSA) is 63.8 Å². The number of aromatic nitrogens is 3. The summed E-state index contributed by atoms with van der Waals surface area (Å²) in [7, 11) is 0. The standard InChI is InChI=1S/C12H14N4O/c1-2-8-7-13-6-5-10(8)11-15-12(17-16-11)14-9-3-4-9/h5-7,9H,2-4H2,1H3,(H,14,15,16). The minimum atomic E-state index is 0.515. The molecule has 17 heavy (non-hydrogen) atoms. The molecule has 0 unspecified atom stereocenters. The Morgan fingerprint density at radius 3 is 3.12 bits per heavy atom. The highest BCUT2D eigenvalue weighted by atomic mass is 16.5. The summed E-state index contributed by atoms with van der Waals surface area (Å²) in [5, 5.41) is 7.19. The first-order valence-corrected chi connectivity index (χ1v) is 5.90. The van der Waals surface area contributed by atoms with Crippen LogP contribution in [-0.2, 0) is 6.42 Å². The van der Waals surface area contributed by atoms with Crippen LogP contribution in [0.4, 0.5) is 6.01 Å². The number of hydrogen-bond acceptors (Lipinski definition) is 5. The second kappa shape index (κ2) is 4.16. The number of hydrogen-bond donors (Lipinski definition) is 1. The van der Waals surface area contributed by atoms with Crippen molar-refractivity contribution in [2.75, 3.05) is 5.32 Å². The van der Waals surface area contributed by atoms with Crippen LogP contribution in [0.2, 0.25) is 0 Å². The number of pyridine rings is 1. The van der Waals surface area contributed by atoms with E-state index in [1.165, 1.54) is 12.8 Å². The molecule has 1 aliphatic carbocycles. The fourth-order valence-corrected chi connectivity index (χ4v) is 1.72. The van der Waals surface area contributed by atoms with E-state index in [1.807, 2.05) is 12.3 Å². The Labute approximate surface area is 99.3 Å². The minimum absolute atomic E-state index is 0.515. The van der Waals surface area contributed by atoms with Gasteiger partial charge in [-0.3, -0.25) is 4.98 Å². The zero-order chi connectivity index (χ0) is 11.7. The number of aryl methyl sites for hydroxylation is 1. The van der Waals surface area contributed by atoms with Crippen molar-refractivity contribution in [1.82, 2.24) is 15.1 Å². The van der Waals surface area contributed by atoms with Crippen LogP contribution in [0, 0.1) is 0 Å². The van der Waals surface area contributed by atoms with E-state index < -0.39 is 0 Å². The highest BCUT2D eigenvalue weighted by Crippen LogP contribution is 2.26. The number of nitrogens with one attached hydrogen (secondary N) is 1. The van der Waals surface area contributed by atoms with Crippen LogP contribution in [0.5, 0.6) is 0 Å². The van der Waals surface area contributed by atoms with Crippen LogP contribution in [-0.4, -0.2) is 21.2 Å². The van der Waals surface area contributed by atoms with Gasteiger partial charge in [-0.25, -0.2) is 0 Å². The van der Waals surface area contributed by atoms with Crippen LogP contribution in [0.3, 0.4) is 0 Å². The first-order valence-electron chi connectivity index (χ1n) is 5.90. The van der Waals surface area contributed by atoms with Crippen molar-refractivity contribution in [2.45, 2.75) is 32.2 Å². The average Bonchev–Trinajstić information content (AvgIpc) is 3.05. The van der Waals surface area contributed by atoms with Crippen LogP contribution >= 0.6 is 0 Å². The maximum Gasteiger partial charge on any atom is 0.322 e. The molecule has 2 heterocycles. The minimum Gasteiger partial charge on any atom is -0.335 e. The molecule has 0 aliphatic heterocycles. The smallest absolute Gasteiger partial charge is 0.322 e. The maximum absolute atomic E-state index is 5.18. The third kappa shape index (κ3) is 2.13. The summed E-state index contributed by atoms with van der Waals surface area (Å²) in [5.74, 6) is 0.632. The fourth-order valence-electron chi connectivity index (χ4n) is 1.72. The quantitative estimate of drug-likeness (QED) is 0.872. The van der Waals surface area contributed by atoms with Crippen molar-refractivity contribution >= 4 is 6.01 Å². The summed E-state index contributed by atoms with van der Waals surface area (Å²) in [6.07, 6.45) is 6.88. The van der Waals surface area contributed by atoms with Gasteiger partial charge in [-0.2, -0.15) is 4.98 Å². The molecule has 5 heteroatoms. The van der Waals surface area contributed by atoms with Crippen LogP contribution in [0.1, 0.15) is 25.3 Å². The molecule has 3 rings (SSSR count). The van der Waals surface area contributed by atoms with Gasteiger partial charge in [-0.1, -0.05) is 12.1 Å². The van der Waals surface area contributed by atoms with Gasteiger partial charge >= 0.3 is 6.01 Å². The van der Waals surface area contributed by atoms with Crippen molar-refractivity contribution in [1.29, 1.82) is 0 Å². The molecule has 2 aromatic heterocycles. The average molecular weight is 230 g/mol. The van der Waals surface area contributed by atoms with Crippen molar-refractivity contribution in [3.05, 3.63) is 24.0 Å². The Hall–Kier alpha value is -1.91. The van der Waals surface area contributed by atoms with E-state index in [1.54, 1.807) is 6.20 Å². The lowest BCUT2D eigenvalue weighted by Crippen LogP contribution is -2.00. The molecule has 1 N–H and O–H groups in total. The van der Waals surface area contributed by atoms with E-state index in [9.17, 15) is 0 Å². The van der Waals surface area contributed by atoms with Gasteiger partial charge in [-0.15, -0.1) is 0 Å². The largest absolute Gasteiger partial charge is 0.335 e. The first-order chi connectivity index (χ1) is 8.36. The Morgan fingerprint density at radius 2 is 2.35 bits per heavy atom. The molecule has 0 aromatic carbocycles. The summed E-state index contributed by atoms with van der Waals surface area (Å²) < 4.78 is 5.18. The van der Waals surface area contributed by atoms with Crippen LogP contribution < -0.4 is 5.32 Å². The lowest BCUT2D eigenvalue weighted by atomic mass is 10.1. The third-order valence-corrected chi connectivity index (χ3v) is 2.86. The Morgan fingerprint density at radius 1 is 1.47 bits per heavy atom. The summed E-state index contributed by atoms with van der Waals surface area (Å²) in [6, 6.07) is 2.96. The van der Waals surface area contributed by atoms with Crippen molar-refractivity contribution in [3.63, 3.8) is 0 Å². The Kier molecular flexibility index (Phi) is 2.51. The second-order valence-electron chi connectivity index (χ2n) is 4.23. The van der Waals surface area contributed by atoms with Crippen LogP contribution in [0.25, 0.3) is 11.4 Å². The zero-order valence-electron chi connectivity index (χ0n) is 9.68. The third-order valence-electron chi connectivity index (χ3n) is 2.86. The molecule has 5 nitrogen and oxygen atoms in total. The summed E-state index contributed by atoms with van der Waals surface area (Å²) in [5.41, 5.74) is 2.13. The van der Waals surface area contributed by atoms with Gasteiger partial charge in [0.25, 0.3) is 0 Å². The van der Waals surface area contributed by atoms with Gasteiger partial charge in [0, 0.05) is 24.0 Å². The highest BCUT2D eigenvalue weighted by Gasteiger charge is 2.23. The van der Waals surface area contributed by atoms with Gasteiger partial charge in [0.1, 0.15) is 0 Å². The van der Waals surface area contributed by atoms with E-state index in [0.717, 1.165) is 17.5 Å². The van der Waals surface area contributed by atoms with Gasteiger partial charge in [0.05, 0.1) is 0 Å². The second-order valence-corrected chi connectivity index (χ2v) is 4.23. The summed E-state index contributed by atoms with van der Waals surface area (Å²) in [4.78, 5) is 8.46. The lowest BCUT2D eigenvalue weighted by molar-refractivity contribution is 0.432. The van der Waals surface area contributed by atoms with E-state index in [-0.39, 0.29) is 0 Å². The molecule has 0 saturated heterocycles. The molecular weight excluding hydrogens is 216 g/mol. The monoisotopic (exact) mass is 230 g/mol. The molecule has 1 saturated carbocycles. The van der Waals surface area contributed by atoms with Crippen molar-refractivity contribution in [2.24, 2.45) is 0 Å². The molecule has 0 bridgehead atoms. The van der Waals surface area contributed by atoms with Crippen molar-refractivity contribution in [3.8, 4) is 11.4 Å². The SMILES string of the molecule is CCc1cnccc1-c1noc(NC2CC2)n1.